The molecule has 3 aromatic rings. The van der Waals surface area contributed by atoms with Crippen molar-refractivity contribution < 1.29 is 14.3 Å². The Kier molecular flexibility index (Phi) is 7.63. The number of carbonyl (C=O) groups excluding carboxylic acids is 2. The number of nitrogens with one attached hydrogen (secondary N) is 3. The van der Waals surface area contributed by atoms with Gasteiger partial charge in [-0.2, -0.15) is 0 Å². The molecule has 6 nitrogen and oxygen atoms in total. The van der Waals surface area contributed by atoms with Crippen LogP contribution in [0.25, 0.3) is 11.3 Å². The first-order valence-electron chi connectivity index (χ1n) is 12.0. The van der Waals surface area contributed by atoms with E-state index in [0.717, 1.165) is 29.9 Å². The minimum Gasteiger partial charge on any atom is -0.462 e. The van der Waals surface area contributed by atoms with Crippen LogP contribution in [0.1, 0.15) is 47.8 Å². The Labute approximate surface area is 206 Å². The van der Waals surface area contributed by atoms with Crippen LogP contribution in [0.5, 0.6) is 0 Å². The molecular formula is C29H31N3O3. The van der Waals surface area contributed by atoms with Crippen molar-refractivity contribution in [1.29, 1.82) is 0 Å². The summed E-state index contributed by atoms with van der Waals surface area (Å²) in [6.07, 6.45) is 0. The van der Waals surface area contributed by atoms with Gasteiger partial charge in [0.05, 0.1) is 29.1 Å². The van der Waals surface area contributed by atoms with E-state index in [9.17, 15) is 9.59 Å². The van der Waals surface area contributed by atoms with Crippen LogP contribution < -0.4 is 16.0 Å². The lowest BCUT2D eigenvalue weighted by atomic mass is 9.99. The maximum absolute atomic E-state index is 13.1. The average molecular weight is 470 g/mol. The van der Waals surface area contributed by atoms with E-state index in [1.165, 1.54) is 5.56 Å². The third-order valence-electron chi connectivity index (χ3n) is 5.69. The van der Waals surface area contributed by atoms with Crippen LogP contribution in [-0.4, -0.2) is 25.0 Å². The van der Waals surface area contributed by atoms with Crippen LogP contribution in [0.4, 0.5) is 11.4 Å². The minimum atomic E-state index is -0.411. The molecule has 0 bridgehead atoms. The highest BCUT2D eigenvalue weighted by Gasteiger charge is 2.29. The number of rotatable bonds is 9. The standard InChI is InChI=1S/C29H31N3O3/c1-4-35-29(34)22-12-15-24-25(16-22)32-28(33)26(24)27(21-8-6-5-7-9-21)31-23-13-10-20(11-14-23)18-30-17-19(2)3/h5-16,19,30-31H,4,17-18H2,1-3H3,(H,32,33). The number of fused-ring (bicyclic) bond motifs is 1. The summed E-state index contributed by atoms with van der Waals surface area (Å²) >= 11 is 0. The van der Waals surface area contributed by atoms with E-state index in [-0.39, 0.29) is 5.91 Å². The maximum Gasteiger partial charge on any atom is 0.338 e. The van der Waals surface area contributed by atoms with Crippen molar-refractivity contribution in [2.24, 2.45) is 5.92 Å². The summed E-state index contributed by atoms with van der Waals surface area (Å²) in [5.41, 5.74) is 5.95. The molecule has 0 saturated heterocycles. The lowest BCUT2D eigenvalue weighted by Gasteiger charge is -2.15. The Morgan fingerprint density at radius 3 is 2.40 bits per heavy atom. The Balaban J connectivity index is 1.67. The van der Waals surface area contributed by atoms with E-state index in [1.54, 1.807) is 25.1 Å². The summed E-state index contributed by atoms with van der Waals surface area (Å²) in [6, 6.07) is 23.1. The predicted molar refractivity (Wildman–Crippen MR) is 141 cm³/mol. The van der Waals surface area contributed by atoms with Gasteiger partial charge in [-0.15, -0.1) is 0 Å². The molecule has 0 fully saturated rings. The molecule has 0 atom stereocenters. The highest BCUT2D eigenvalue weighted by atomic mass is 16.5. The summed E-state index contributed by atoms with van der Waals surface area (Å²) < 4.78 is 5.10. The lowest BCUT2D eigenvalue weighted by Crippen LogP contribution is -2.18. The second-order valence-electron chi connectivity index (χ2n) is 8.90. The van der Waals surface area contributed by atoms with Gasteiger partial charge in [-0.25, -0.2) is 4.79 Å². The minimum absolute atomic E-state index is 0.220. The van der Waals surface area contributed by atoms with Crippen LogP contribution in [0.3, 0.4) is 0 Å². The smallest absolute Gasteiger partial charge is 0.338 e. The zero-order chi connectivity index (χ0) is 24.8. The molecule has 4 rings (SSSR count). The quantitative estimate of drug-likeness (QED) is 0.283. The van der Waals surface area contributed by atoms with Crippen LogP contribution in [0.15, 0.2) is 72.8 Å². The van der Waals surface area contributed by atoms with Gasteiger partial charge in [-0.05, 0) is 54.8 Å². The van der Waals surface area contributed by atoms with Crippen LogP contribution >= 0.6 is 0 Å². The number of amides is 1. The molecule has 35 heavy (non-hydrogen) atoms. The molecule has 1 aliphatic heterocycles. The molecule has 180 valence electrons. The SMILES string of the molecule is CCOC(=O)c1ccc2c(c1)NC(=O)C2=C(Nc1ccc(CNCC(C)C)cc1)c1ccccc1. The van der Waals surface area contributed by atoms with Crippen LogP contribution in [0.2, 0.25) is 0 Å². The Bertz CT molecular complexity index is 1230. The predicted octanol–water partition coefficient (Wildman–Crippen LogP) is 5.54. The number of carbonyl (C=O) groups is 2. The zero-order valence-electron chi connectivity index (χ0n) is 20.4. The Morgan fingerprint density at radius 1 is 0.971 bits per heavy atom. The average Bonchev–Trinajstić information content (AvgIpc) is 3.18. The summed E-state index contributed by atoms with van der Waals surface area (Å²) in [7, 11) is 0. The van der Waals surface area contributed by atoms with Crippen LogP contribution in [-0.2, 0) is 16.1 Å². The van der Waals surface area contributed by atoms with E-state index in [0.29, 0.717) is 35.0 Å². The van der Waals surface area contributed by atoms with Crippen LogP contribution in [0, 0.1) is 5.92 Å². The van der Waals surface area contributed by atoms with Crippen molar-refractivity contribution in [3.05, 3.63) is 95.1 Å². The molecule has 1 aliphatic rings. The van der Waals surface area contributed by atoms with Gasteiger partial charge < -0.3 is 20.7 Å². The van der Waals surface area contributed by atoms with Crippen molar-refractivity contribution in [2.45, 2.75) is 27.3 Å². The lowest BCUT2D eigenvalue weighted by molar-refractivity contribution is -0.110. The number of hydrogen-bond donors (Lipinski definition) is 3. The van der Waals surface area contributed by atoms with Crippen molar-refractivity contribution >= 4 is 34.5 Å². The first-order chi connectivity index (χ1) is 17.0. The number of esters is 1. The normalized spacial score (nSPS) is 13.9. The van der Waals surface area contributed by atoms with E-state index in [4.69, 9.17) is 4.74 Å². The number of anilines is 2. The van der Waals surface area contributed by atoms with Crippen molar-refractivity contribution in [2.75, 3.05) is 23.8 Å². The fraction of sp³-hybridized carbons (Fsp3) is 0.241. The van der Waals surface area contributed by atoms with Gasteiger partial charge in [0.1, 0.15) is 0 Å². The van der Waals surface area contributed by atoms with Gasteiger partial charge in [0.15, 0.2) is 0 Å². The zero-order valence-corrected chi connectivity index (χ0v) is 20.4. The van der Waals surface area contributed by atoms with E-state index in [2.05, 4.69) is 41.9 Å². The Morgan fingerprint density at radius 2 is 1.71 bits per heavy atom. The highest BCUT2D eigenvalue weighted by molar-refractivity contribution is 6.37. The second kappa shape index (κ2) is 11.0. The summed E-state index contributed by atoms with van der Waals surface area (Å²) in [6.45, 7) is 8.21. The van der Waals surface area contributed by atoms with Gasteiger partial charge in [-0.3, -0.25) is 4.79 Å². The summed E-state index contributed by atoms with van der Waals surface area (Å²) in [5.74, 6) is -0.0296. The van der Waals surface area contributed by atoms with Gasteiger partial charge in [0, 0.05) is 17.8 Å². The fourth-order valence-electron chi connectivity index (χ4n) is 4.00. The van der Waals surface area contributed by atoms with E-state index < -0.39 is 5.97 Å². The molecule has 0 aromatic heterocycles. The first-order valence-corrected chi connectivity index (χ1v) is 12.0. The molecule has 6 heteroatoms. The van der Waals surface area contributed by atoms with Gasteiger partial charge in [0.2, 0.25) is 0 Å². The van der Waals surface area contributed by atoms with E-state index in [1.807, 2.05) is 42.5 Å². The second-order valence-corrected chi connectivity index (χ2v) is 8.90. The molecule has 1 amide bonds. The van der Waals surface area contributed by atoms with E-state index >= 15 is 0 Å². The molecule has 0 unspecified atom stereocenters. The monoisotopic (exact) mass is 469 g/mol. The summed E-state index contributed by atoms with van der Waals surface area (Å²) in [4.78, 5) is 25.3. The molecule has 1 heterocycles. The largest absolute Gasteiger partial charge is 0.462 e. The van der Waals surface area contributed by atoms with Gasteiger partial charge in [-0.1, -0.05) is 62.4 Å². The molecule has 3 aromatic carbocycles. The first kappa shape index (κ1) is 24.2. The van der Waals surface area contributed by atoms with Gasteiger partial charge in [0.25, 0.3) is 5.91 Å². The topological polar surface area (TPSA) is 79.5 Å². The molecule has 0 spiro atoms. The fourth-order valence-corrected chi connectivity index (χ4v) is 4.00. The molecule has 0 radical (unpaired) electrons. The highest BCUT2D eigenvalue weighted by Crippen LogP contribution is 2.38. The van der Waals surface area contributed by atoms with Crippen molar-refractivity contribution in [3.63, 3.8) is 0 Å². The summed E-state index contributed by atoms with van der Waals surface area (Å²) in [5, 5.41) is 9.84. The molecule has 3 N–H and O–H groups in total. The van der Waals surface area contributed by atoms with Crippen molar-refractivity contribution in [1.82, 2.24) is 5.32 Å². The number of benzene rings is 3. The van der Waals surface area contributed by atoms with Gasteiger partial charge >= 0.3 is 5.97 Å². The molecule has 0 aliphatic carbocycles. The molecule has 0 saturated carbocycles. The van der Waals surface area contributed by atoms with Crippen molar-refractivity contribution in [3.8, 4) is 0 Å². The third kappa shape index (κ3) is 5.78. The Hall–Kier alpha value is -3.90. The third-order valence-corrected chi connectivity index (χ3v) is 5.69. The maximum atomic E-state index is 13.1. The molecular weight excluding hydrogens is 438 g/mol. The number of hydrogen-bond acceptors (Lipinski definition) is 5. The number of ether oxygens (including phenoxy) is 1.